The molecule has 1 atom stereocenters. The summed E-state index contributed by atoms with van der Waals surface area (Å²) in [5, 5.41) is 0. The van der Waals surface area contributed by atoms with E-state index in [2.05, 4.69) is 15.9 Å². The topological polar surface area (TPSA) is 35.5 Å². The predicted molar refractivity (Wildman–Crippen MR) is 58.9 cm³/mol. The van der Waals surface area contributed by atoms with Crippen molar-refractivity contribution in [3.8, 4) is 5.75 Å². The van der Waals surface area contributed by atoms with Crippen LogP contribution in [0, 0.1) is 6.92 Å². The molecule has 3 nitrogen and oxygen atoms in total. The van der Waals surface area contributed by atoms with Crippen LogP contribution in [0.5, 0.6) is 5.75 Å². The standard InChI is InChI=1S/C11H11BrO3/c1-6-3-8-10(15-7(2)13)5-14-11(8)9(12)4-6/h3-4,10H,5H2,1-2H3. The molecule has 15 heavy (non-hydrogen) atoms. The monoisotopic (exact) mass is 270 g/mol. The summed E-state index contributed by atoms with van der Waals surface area (Å²) >= 11 is 3.43. The van der Waals surface area contributed by atoms with Gasteiger partial charge in [0, 0.05) is 12.5 Å². The average molecular weight is 271 g/mol. The lowest BCUT2D eigenvalue weighted by atomic mass is 10.1. The molecular weight excluding hydrogens is 260 g/mol. The largest absolute Gasteiger partial charge is 0.488 e. The first kappa shape index (κ1) is 10.5. The van der Waals surface area contributed by atoms with E-state index in [1.54, 1.807) is 0 Å². The molecule has 0 saturated carbocycles. The lowest BCUT2D eigenvalue weighted by Crippen LogP contribution is -2.09. The summed E-state index contributed by atoms with van der Waals surface area (Å²) in [6, 6.07) is 3.97. The molecule has 0 bridgehead atoms. The molecule has 1 aliphatic heterocycles. The van der Waals surface area contributed by atoms with Crippen LogP contribution in [0.4, 0.5) is 0 Å². The van der Waals surface area contributed by atoms with Gasteiger partial charge in [0.1, 0.15) is 12.4 Å². The van der Waals surface area contributed by atoms with Crippen LogP contribution in [-0.2, 0) is 9.53 Å². The zero-order chi connectivity index (χ0) is 11.0. The Morgan fingerprint density at radius 3 is 3.00 bits per heavy atom. The van der Waals surface area contributed by atoms with Gasteiger partial charge >= 0.3 is 5.97 Å². The summed E-state index contributed by atoms with van der Waals surface area (Å²) in [7, 11) is 0. The van der Waals surface area contributed by atoms with Gasteiger partial charge < -0.3 is 9.47 Å². The molecular formula is C11H11BrO3. The SMILES string of the molecule is CC(=O)OC1COc2c(Br)cc(C)cc21. The number of aryl methyl sites for hydroxylation is 1. The van der Waals surface area contributed by atoms with Crippen LogP contribution in [0.25, 0.3) is 0 Å². The Kier molecular flexibility index (Phi) is 2.69. The fraction of sp³-hybridized carbons (Fsp3) is 0.364. The average Bonchev–Trinajstić information content (AvgIpc) is 2.48. The highest BCUT2D eigenvalue weighted by atomic mass is 79.9. The summed E-state index contributed by atoms with van der Waals surface area (Å²) in [6.07, 6.45) is -0.270. The number of carbonyl (C=O) groups is 1. The van der Waals surface area contributed by atoms with Gasteiger partial charge in [0.2, 0.25) is 0 Å². The van der Waals surface area contributed by atoms with E-state index < -0.39 is 0 Å². The van der Waals surface area contributed by atoms with E-state index in [9.17, 15) is 4.79 Å². The maximum atomic E-state index is 10.9. The second-order valence-corrected chi connectivity index (χ2v) is 4.43. The number of hydrogen-bond donors (Lipinski definition) is 0. The molecule has 1 heterocycles. The van der Waals surface area contributed by atoms with Crippen molar-refractivity contribution in [3.63, 3.8) is 0 Å². The molecule has 1 aromatic rings. The number of halogens is 1. The maximum Gasteiger partial charge on any atom is 0.303 e. The normalized spacial score (nSPS) is 18.2. The van der Waals surface area contributed by atoms with Crippen LogP contribution < -0.4 is 4.74 Å². The van der Waals surface area contributed by atoms with Crippen LogP contribution in [-0.4, -0.2) is 12.6 Å². The summed E-state index contributed by atoms with van der Waals surface area (Å²) < 4.78 is 11.5. The number of rotatable bonds is 1. The van der Waals surface area contributed by atoms with Gasteiger partial charge in [-0.25, -0.2) is 0 Å². The Bertz CT molecular complexity index is 415. The number of hydrogen-bond acceptors (Lipinski definition) is 3. The molecule has 0 amide bonds. The minimum Gasteiger partial charge on any atom is -0.488 e. The van der Waals surface area contributed by atoms with Gasteiger partial charge in [0.25, 0.3) is 0 Å². The molecule has 80 valence electrons. The fourth-order valence-corrected chi connectivity index (χ4v) is 2.40. The predicted octanol–water partition coefficient (Wildman–Crippen LogP) is 2.75. The Morgan fingerprint density at radius 1 is 1.60 bits per heavy atom. The molecule has 1 aromatic carbocycles. The van der Waals surface area contributed by atoms with Crippen LogP contribution in [0.15, 0.2) is 16.6 Å². The van der Waals surface area contributed by atoms with Crippen LogP contribution >= 0.6 is 15.9 Å². The van der Waals surface area contributed by atoms with Crippen LogP contribution in [0.1, 0.15) is 24.2 Å². The Labute approximate surface area is 96.5 Å². The number of carbonyl (C=O) groups excluding carboxylic acids is 1. The number of ether oxygens (including phenoxy) is 2. The zero-order valence-corrected chi connectivity index (χ0v) is 10.1. The van der Waals surface area contributed by atoms with Crippen molar-refractivity contribution in [2.75, 3.05) is 6.61 Å². The lowest BCUT2D eigenvalue weighted by Gasteiger charge is -2.09. The first-order valence-corrected chi connectivity index (χ1v) is 5.47. The van der Waals surface area contributed by atoms with E-state index in [4.69, 9.17) is 9.47 Å². The quantitative estimate of drug-likeness (QED) is 0.737. The van der Waals surface area contributed by atoms with Gasteiger partial charge in [-0.3, -0.25) is 4.79 Å². The minimum atomic E-state index is -0.283. The van der Waals surface area contributed by atoms with Crippen molar-refractivity contribution >= 4 is 21.9 Å². The van der Waals surface area contributed by atoms with Gasteiger partial charge in [-0.2, -0.15) is 0 Å². The van der Waals surface area contributed by atoms with Crippen molar-refractivity contribution in [1.29, 1.82) is 0 Å². The molecule has 1 unspecified atom stereocenters. The van der Waals surface area contributed by atoms with Crippen molar-refractivity contribution in [1.82, 2.24) is 0 Å². The Morgan fingerprint density at radius 2 is 2.33 bits per heavy atom. The number of fused-ring (bicyclic) bond motifs is 1. The third kappa shape index (κ3) is 2.00. The molecule has 0 aromatic heterocycles. The molecule has 0 saturated heterocycles. The van der Waals surface area contributed by atoms with E-state index in [0.717, 1.165) is 21.3 Å². The highest BCUT2D eigenvalue weighted by Crippen LogP contribution is 2.40. The number of benzene rings is 1. The lowest BCUT2D eigenvalue weighted by molar-refractivity contribution is -0.147. The second-order valence-electron chi connectivity index (χ2n) is 3.57. The van der Waals surface area contributed by atoms with E-state index >= 15 is 0 Å². The summed E-state index contributed by atoms with van der Waals surface area (Å²) in [4.78, 5) is 10.9. The van der Waals surface area contributed by atoms with E-state index in [1.807, 2.05) is 19.1 Å². The summed E-state index contributed by atoms with van der Waals surface area (Å²) in [5.41, 5.74) is 2.06. The third-order valence-electron chi connectivity index (χ3n) is 2.25. The third-order valence-corrected chi connectivity index (χ3v) is 2.84. The molecule has 4 heteroatoms. The smallest absolute Gasteiger partial charge is 0.303 e. The zero-order valence-electron chi connectivity index (χ0n) is 8.54. The first-order chi connectivity index (χ1) is 7.08. The Hall–Kier alpha value is -1.03. The fourth-order valence-electron chi connectivity index (χ4n) is 1.69. The number of esters is 1. The van der Waals surface area contributed by atoms with Gasteiger partial charge in [0.05, 0.1) is 4.47 Å². The highest BCUT2D eigenvalue weighted by Gasteiger charge is 2.28. The maximum absolute atomic E-state index is 10.9. The molecule has 1 aliphatic rings. The molecule has 0 N–H and O–H groups in total. The molecule has 0 fully saturated rings. The van der Waals surface area contributed by atoms with Crippen molar-refractivity contribution in [2.24, 2.45) is 0 Å². The second kappa shape index (κ2) is 3.85. The van der Waals surface area contributed by atoms with E-state index in [1.165, 1.54) is 6.92 Å². The van der Waals surface area contributed by atoms with Crippen LogP contribution in [0.2, 0.25) is 0 Å². The van der Waals surface area contributed by atoms with Crippen molar-refractivity contribution < 1.29 is 14.3 Å². The van der Waals surface area contributed by atoms with Gasteiger partial charge in [0.15, 0.2) is 6.10 Å². The van der Waals surface area contributed by atoms with Crippen LogP contribution in [0.3, 0.4) is 0 Å². The van der Waals surface area contributed by atoms with E-state index in [-0.39, 0.29) is 12.1 Å². The van der Waals surface area contributed by atoms with Gasteiger partial charge in [-0.05, 0) is 40.5 Å². The van der Waals surface area contributed by atoms with E-state index in [0.29, 0.717) is 6.61 Å². The molecule has 0 aliphatic carbocycles. The first-order valence-electron chi connectivity index (χ1n) is 4.68. The van der Waals surface area contributed by atoms with Crippen molar-refractivity contribution in [2.45, 2.75) is 20.0 Å². The summed E-state index contributed by atoms with van der Waals surface area (Å²) in [5.74, 6) is 0.501. The molecule has 0 spiro atoms. The van der Waals surface area contributed by atoms with Gasteiger partial charge in [-0.1, -0.05) is 0 Å². The summed E-state index contributed by atoms with van der Waals surface area (Å²) in [6.45, 7) is 3.80. The highest BCUT2D eigenvalue weighted by molar-refractivity contribution is 9.10. The molecule has 2 rings (SSSR count). The minimum absolute atomic E-state index is 0.270. The Balaban J connectivity index is 2.37. The molecule has 0 radical (unpaired) electrons. The van der Waals surface area contributed by atoms with Gasteiger partial charge in [-0.15, -0.1) is 0 Å². The van der Waals surface area contributed by atoms with Crippen molar-refractivity contribution in [3.05, 3.63) is 27.7 Å².